The molecule has 0 amide bonds. The van der Waals surface area contributed by atoms with Crippen molar-refractivity contribution in [1.29, 1.82) is 0 Å². The first-order valence-electron chi connectivity index (χ1n) is 4.76. The monoisotopic (exact) mass is 282 g/mol. The van der Waals surface area contributed by atoms with Crippen LogP contribution in [0.1, 0.15) is 0 Å². The molecule has 2 rings (SSSR count). The third-order valence-corrected chi connectivity index (χ3v) is 3.23. The van der Waals surface area contributed by atoms with Gasteiger partial charge in [-0.15, -0.1) is 0 Å². The molecule has 2 N–H and O–H groups in total. The number of anilines is 1. The molecule has 0 radical (unpaired) electrons. The fourth-order valence-electron chi connectivity index (χ4n) is 1.19. The summed E-state index contributed by atoms with van der Waals surface area (Å²) < 4.78 is 0. The number of halogens is 1. The molecule has 0 fully saturated rings. The van der Waals surface area contributed by atoms with Gasteiger partial charge in [-0.05, 0) is 24.3 Å². The minimum atomic E-state index is -0.544. The van der Waals surface area contributed by atoms with Crippen LogP contribution < -0.4 is 5.73 Å². The number of hydrogen-bond donors (Lipinski definition) is 1. The Kier molecular flexibility index (Phi) is 3.63. The average molecular weight is 283 g/mol. The van der Waals surface area contributed by atoms with Gasteiger partial charge < -0.3 is 5.73 Å². The lowest BCUT2D eigenvalue weighted by molar-refractivity contribution is -0.388. The van der Waals surface area contributed by atoms with Gasteiger partial charge in [-0.3, -0.25) is 10.1 Å². The van der Waals surface area contributed by atoms with Crippen LogP contribution >= 0.6 is 23.4 Å². The third kappa shape index (κ3) is 2.88. The van der Waals surface area contributed by atoms with Gasteiger partial charge in [0.25, 0.3) is 0 Å². The van der Waals surface area contributed by atoms with Gasteiger partial charge in [-0.25, -0.2) is 4.98 Å². The summed E-state index contributed by atoms with van der Waals surface area (Å²) >= 11 is 6.89. The van der Waals surface area contributed by atoms with E-state index in [-0.39, 0.29) is 16.7 Å². The van der Waals surface area contributed by atoms with Gasteiger partial charge in [0.05, 0.1) is 4.92 Å². The number of hydrogen-bond acceptors (Lipinski definition) is 6. The minimum absolute atomic E-state index is 0.00272. The summed E-state index contributed by atoms with van der Waals surface area (Å²) in [6.45, 7) is 0. The van der Waals surface area contributed by atoms with Crippen molar-refractivity contribution in [3.63, 3.8) is 0 Å². The average Bonchev–Trinajstić information content (AvgIpc) is 2.32. The molecule has 0 aliphatic carbocycles. The number of aromatic nitrogens is 2. The lowest BCUT2D eigenvalue weighted by atomic mass is 10.4. The topological polar surface area (TPSA) is 94.9 Å². The van der Waals surface area contributed by atoms with Gasteiger partial charge in [0.2, 0.25) is 5.95 Å². The zero-order valence-corrected chi connectivity index (χ0v) is 10.5. The fraction of sp³-hybridized carbons (Fsp3) is 0. The zero-order valence-electron chi connectivity index (χ0n) is 8.91. The van der Waals surface area contributed by atoms with Crippen molar-refractivity contribution in [3.05, 3.63) is 45.6 Å². The zero-order chi connectivity index (χ0) is 13.1. The van der Waals surface area contributed by atoms with Crippen LogP contribution in [-0.4, -0.2) is 14.9 Å². The van der Waals surface area contributed by atoms with Gasteiger partial charge in [-0.1, -0.05) is 23.4 Å². The first-order valence-corrected chi connectivity index (χ1v) is 5.96. The Morgan fingerprint density at radius 1 is 1.33 bits per heavy atom. The molecule has 1 heterocycles. The highest BCUT2D eigenvalue weighted by atomic mass is 35.5. The van der Waals surface area contributed by atoms with E-state index in [4.69, 9.17) is 17.3 Å². The summed E-state index contributed by atoms with van der Waals surface area (Å²) in [5.41, 5.74) is 5.25. The highest BCUT2D eigenvalue weighted by Crippen LogP contribution is 2.33. The number of nitrogens with two attached hydrogens (primary N) is 1. The summed E-state index contributed by atoms with van der Waals surface area (Å²) in [7, 11) is 0. The second-order valence-corrected chi connectivity index (χ2v) is 4.73. The molecule has 0 aliphatic rings. The number of nitrogen functional groups attached to an aromatic ring is 1. The van der Waals surface area contributed by atoms with Crippen LogP contribution in [0.2, 0.25) is 5.02 Å². The highest BCUT2D eigenvalue weighted by Gasteiger charge is 2.17. The van der Waals surface area contributed by atoms with Crippen molar-refractivity contribution < 1.29 is 4.92 Å². The second-order valence-electron chi connectivity index (χ2n) is 3.23. The van der Waals surface area contributed by atoms with Gasteiger partial charge in [-0.2, -0.15) is 4.98 Å². The smallest absolute Gasteiger partial charge is 0.320 e. The molecule has 1 aromatic heterocycles. The van der Waals surface area contributed by atoms with Crippen molar-refractivity contribution in [2.75, 3.05) is 5.73 Å². The van der Waals surface area contributed by atoms with Crippen LogP contribution in [0, 0.1) is 10.1 Å². The van der Waals surface area contributed by atoms with Crippen molar-refractivity contribution in [2.45, 2.75) is 9.92 Å². The molecule has 6 nitrogen and oxygen atoms in total. The van der Waals surface area contributed by atoms with Crippen LogP contribution in [0.25, 0.3) is 0 Å². The summed E-state index contributed by atoms with van der Waals surface area (Å²) in [4.78, 5) is 18.5. The molecule has 0 unspecified atom stereocenters. The molecule has 0 saturated heterocycles. The molecule has 0 spiro atoms. The maximum absolute atomic E-state index is 10.8. The molecule has 8 heteroatoms. The lowest BCUT2D eigenvalue weighted by Gasteiger charge is -2.02. The Morgan fingerprint density at radius 2 is 2.00 bits per heavy atom. The van der Waals surface area contributed by atoms with E-state index in [0.29, 0.717) is 5.02 Å². The number of benzene rings is 1. The predicted octanol–water partition coefficient (Wildman–Crippen LogP) is 2.77. The van der Waals surface area contributed by atoms with E-state index in [1.165, 1.54) is 0 Å². The quantitative estimate of drug-likeness (QED) is 0.528. The van der Waals surface area contributed by atoms with E-state index in [1.807, 2.05) is 0 Å². The van der Waals surface area contributed by atoms with E-state index in [9.17, 15) is 10.1 Å². The van der Waals surface area contributed by atoms with E-state index >= 15 is 0 Å². The fourth-order valence-corrected chi connectivity index (χ4v) is 2.18. The van der Waals surface area contributed by atoms with Crippen LogP contribution in [0.5, 0.6) is 0 Å². The van der Waals surface area contributed by atoms with Crippen molar-refractivity contribution in [1.82, 2.24) is 9.97 Å². The maximum Gasteiger partial charge on any atom is 0.320 e. The molecule has 92 valence electrons. The Balaban J connectivity index is 2.35. The highest BCUT2D eigenvalue weighted by molar-refractivity contribution is 7.99. The normalized spacial score (nSPS) is 10.3. The molecule has 0 saturated carbocycles. The summed E-state index contributed by atoms with van der Waals surface area (Å²) in [5, 5.41) is 11.6. The number of rotatable bonds is 3. The van der Waals surface area contributed by atoms with Gasteiger partial charge in [0, 0.05) is 9.92 Å². The minimum Gasteiger partial charge on any atom is -0.368 e. The summed E-state index contributed by atoms with van der Waals surface area (Å²) in [6.07, 6.45) is 1.10. The van der Waals surface area contributed by atoms with Crippen LogP contribution in [0.15, 0.2) is 40.4 Å². The molecule has 2 aromatic rings. The Morgan fingerprint density at radius 3 is 2.61 bits per heavy atom. The van der Waals surface area contributed by atoms with Gasteiger partial charge >= 0.3 is 5.69 Å². The van der Waals surface area contributed by atoms with Crippen LogP contribution in [-0.2, 0) is 0 Å². The molecule has 0 aliphatic heterocycles. The third-order valence-electron chi connectivity index (χ3n) is 1.98. The van der Waals surface area contributed by atoms with Gasteiger partial charge in [0.1, 0.15) is 6.20 Å². The summed E-state index contributed by atoms with van der Waals surface area (Å²) in [5.74, 6) is -0.00272. The summed E-state index contributed by atoms with van der Waals surface area (Å²) in [6, 6.07) is 6.88. The number of nitro groups is 1. The van der Waals surface area contributed by atoms with Crippen LogP contribution in [0.3, 0.4) is 0 Å². The molecular weight excluding hydrogens is 276 g/mol. The SMILES string of the molecule is Nc1ncc([N+](=O)[O-])c(Sc2ccc(Cl)cc2)n1. The van der Waals surface area contributed by atoms with E-state index in [2.05, 4.69) is 9.97 Å². The molecule has 18 heavy (non-hydrogen) atoms. The van der Waals surface area contributed by atoms with E-state index in [0.717, 1.165) is 22.9 Å². The number of nitrogens with zero attached hydrogens (tertiary/aromatic N) is 3. The largest absolute Gasteiger partial charge is 0.368 e. The molecule has 0 bridgehead atoms. The molecule has 1 aromatic carbocycles. The Bertz CT molecular complexity index is 591. The molecule has 0 atom stereocenters. The Hall–Kier alpha value is -1.86. The van der Waals surface area contributed by atoms with Crippen molar-refractivity contribution in [2.24, 2.45) is 0 Å². The first kappa shape index (κ1) is 12.6. The van der Waals surface area contributed by atoms with Crippen molar-refractivity contribution >= 4 is 35.0 Å². The lowest BCUT2D eigenvalue weighted by Crippen LogP contribution is -2.00. The predicted molar refractivity (Wildman–Crippen MR) is 68.7 cm³/mol. The first-order chi connectivity index (χ1) is 8.56. The maximum atomic E-state index is 10.8. The van der Waals surface area contributed by atoms with Crippen LogP contribution in [0.4, 0.5) is 11.6 Å². The molecular formula is C10H7ClN4O2S. The van der Waals surface area contributed by atoms with E-state index in [1.54, 1.807) is 24.3 Å². The van der Waals surface area contributed by atoms with Crippen molar-refractivity contribution in [3.8, 4) is 0 Å². The van der Waals surface area contributed by atoms with Gasteiger partial charge in [0.15, 0.2) is 5.03 Å². The van der Waals surface area contributed by atoms with E-state index < -0.39 is 4.92 Å². The second kappa shape index (κ2) is 5.19. The Labute approximate surface area is 111 Å². The standard InChI is InChI=1S/C10H7ClN4O2S/c11-6-1-3-7(4-2-6)18-9-8(15(16)17)5-13-10(12)14-9/h1-5H,(H2,12,13,14).